The van der Waals surface area contributed by atoms with Crippen molar-refractivity contribution in [3.05, 3.63) is 29.8 Å². The van der Waals surface area contributed by atoms with Crippen LogP contribution in [0, 0.1) is 11.3 Å². The van der Waals surface area contributed by atoms with Gasteiger partial charge in [0.2, 0.25) is 0 Å². The van der Waals surface area contributed by atoms with Gasteiger partial charge in [0.25, 0.3) is 5.91 Å². The number of amides is 1. The van der Waals surface area contributed by atoms with Gasteiger partial charge in [-0.2, -0.15) is 5.26 Å². The lowest BCUT2D eigenvalue weighted by Gasteiger charge is -2.40. The molecule has 1 aliphatic rings. The summed E-state index contributed by atoms with van der Waals surface area (Å²) in [5.74, 6) is 0.348. The van der Waals surface area contributed by atoms with Gasteiger partial charge >= 0.3 is 0 Å². The largest absolute Gasteiger partial charge is 0.484 e. The van der Waals surface area contributed by atoms with Gasteiger partial charge in [-0.05, 0) is 32.0 Å². The zero-order chi connectivity index (χ0) is 16.7. The third-order valence-corrected chi connectivity index (χ3v) is 3.92. The van der Waals surface area contributed by atoms with Crippen molar-refractivity contribution < 1.29 is 14.3 Å². The SMILES string of the molecule is CC(C)(CNC(=O)COc1cccc(C#N)c1)N1CCOCC1. The van der Waals surface area contributed by atoms with Crippen molar-refractivity contribution in [3.8, 4) is 11.8 Å². The molecule has 2 rings (SSSR count). The Bertz CT molecular complexity index is 575. The van der Waals surface area contributed by atoms with E-state index in [4.69, 9.17) is 14.7 Å². The average molecular weight is 317 g/mol. The molecule has 1 saturated heterocycles. The highest BCUT2D eigenvalue weighted by molar-refractivity contribution is 5.77. The number of nitrogens with one attached hydrogen (secondary N) is 1. The highest BCUT2D eigenvalue weighted by Crippen LogP contribution is 2.15. The van der Waals surface area contributed by atoms with Crippen LogP contribution in [0.15, 0.2) is 24.3 Å². The van der Waals surface area contributed by atoms with E-state index in [0.29, 0.717) is 17.9 Å². The van der Waals surface area contributed by atoms with Crippen LogP contribution in [0.2, 0.25) is 0 Å². The van der Waals surface area contributed by atoms with Crippen molar-refractivity contribution in [3.63, 3.8) is 0 Å². The zero-order valence-corrected chi connectivity index (χ0v) is 13.7. The minimum atomic E-state index is -0.173. The molecule has 1 aromatic carbocycles. The predicted molar refractivity (Wildman–Crippen MR) is 86.1 cm³/mol. The highest BCUT2D eigenvalue weighted by Gasteiger charge is 2.28. The fourth-order valence-electron chi connectivity index (χ4n) is 2.45. The number of nitriles is 1. The molecule has 0 saturated carbocycles. The Kier molecular flexibility index (Phi) is 5.97. The number of carbonyl (C=O) groups is 1. The lowest BCUT2D eigenvalue weighted by atomic mass is 10.0. The molecular weight excluding hydrogens is 294 g/mol. The van der Waals surface area contributed by atoms with Crippen molar-refractivity contribution in [1.29, 1.82) is 5.26 Å². The average Bonchev–Trinajstić information content (AvgIpc) is 2.59. The normalized spacial score (nSPS) is 15.7. The molecule has 23 heavy (non-hydrogen) atoms. The van der Waals surface area contributed by atoms with Crippen LogP contribution in [-0.4, -0.2) is 55.8 Å². The Labute approximate surface area is 137 Å². The maximum absolute atomic E-state index is 12.0. The standard InChI is InChI=1S/C17H23N3O3/c1-17(2,20-6-8-22-9-7-20)13-19-16(21)12-23-15-5-3-4-14(10-15)11-18/h3-5,10H,6-9,12-13H2,1-2H3,(H,19,21). The molecular formula is C17H23N3O3. The minimum absolute atomic E-state index is 0.0614. The maximum atomic E-state index is 12.0. The summed E-state index contributed by atoms with van der Waals surface area (Å²) in [6, 6.07) is 8.81. The van der Waals surface area contributed by atoms with Gasteiger partial charge in [0, 0.05) is 25.2 Å². The van der Waals surface area contributed by atoms with E-state index < -0.39 is 0 Å². The summed E-state index contributed by atoms with van der Waals surface area (Å²) in [6.07, 6.45) is 0. The Morgan fingerprint density at radius 1 is 1.43 bits per heavy atom. The number of carbonyl (C=O) groups excluding carboxylic acids is 1. The van der Waals surface area contributed by atoms with Gasteiger partial charge in [-0.25, -0.2) is 0 Å². The topological polar surface area (TPSA) is 74.6 Å². The lowest BCUT2D eigenvalue weighted by Crippen LogP contribution is -2.55. The molecule has 1 aliphatic heterocycles. The Morgan fingerprint density at radius 2 is 2.17 bits per heavy atom. The van der Waals surface area contributed by atoms with Gasteiger partial charge in [0.05, 0.1) is 24.8 Å². The lowest BCUT2D eigenvalue weighted by molar-refractivity contribution is -0.123. The fraction of sp³-hybridized carbons (Fsp3) is 0.529. The quantitative estimate of drug-likeness (QED) is 0.852. The monoisotopic (exact) mass is 317 g/mol. The summed E-state index contributed by atoms with van der Waals surface area (Å²) in [4.78, 5) is 14.3. The maximum Gasteiger partial charge on any atom is 0.258 e. The number of benzene rings is 1. The van der Waals surface area contributed by atoms with Crippen molar-refractivity contribution in [2.45, 2.75) is 19.4 Å². The van der Waals surface area contributed by atoms with Gasteiger partial charge < -0.3 is 14.8 Å². The number of hydrogen-bond acceptors (Lipinski definition) is 5. The summed E-state index contributed by atoms with van der Waals surface area (Å²) in [6.45, 7) is 7.92. The van der Waals surface area contributed by atoms with Crippen LogP contribution in [0.3, 0.4) is 0 Å². The summed E-state index contributed by atoms with van der Waals surface area (Å²) in [5.41, 5.74) is 0.386. The van der Waals surface area contributed by atoms with Gasteiger partial charge in [0.15, 0.2) is 6.61 Å². The number of morpholine rings is 1. The van der Waals surface area contributed by atoms with Crippen molar-refractivity contribution in [2.24, 2.45) is 0 Å². The number of rotatable bonds is 6. The molecule has 1 N–H and O–H groups in total. The second-order valence-corrected chi connectivity index (χ2v) is 6.12. The summed E-state index contributed by atoms with van der Waals surface area (Å²) in [7, 11) is 0. The highest BCUT2D eigenvalue weighted by atomic mass is 16.5. The Hall–Kier alpha value is -2.10. The van der Waals surface area contributed by atoms with Crippen LogP contribution in [0.4, 0.5) is 0 Å². The summed E-state index contributed by atoms with van der Waals surface area (Å²) >= 11 is 0. The molecule has 0 bridgehead atoms. The molecule has 1 fully saturated rings. The van der Waals surface area contributed by atoms with E-state index in [1.165, 1.54) is 0 Å². The second-order valence-electron chi connectivity index (χ2n) is 6.12. The smallest absolute Gasteiger partial charge is 0.258 e. The first-order valence-corrected chi connectivity index (χ1v) is 7.74. The van der Waals surface area contributed by atoms with Gasteiger partial charge in [-0.1, -0.05) is 6.07 Å². The Balaban J connectivity index is 1.77. The van der Waals surface area contributed by atoms with Crippen molar-refractivity contribution in [2.75, 3.05) is 39.5 Å². The first-order valence-electron chi connectivity index (χ1n) is 7.74. The molecule has 1 aromatic rings. The molecule has 0 aliphatic carbocycles. The fourth-order valence-corrected chi connectivity index (χ4v) is 2.45. The first-order chi connectivity index (χ1) is 11.0. The van der Waals surface area contributed by atoms with E-state index in [-0.39, 0.29) is 18.1 Å². The minimum Gasteiger partial charge on any atom is -0.484 e. The van der Waals surface area contributed by atoms with E-state index in [1.54, 1.807) is 24.3 Å². The van der Waals surface area contributed by atoms with Crippen molar-refractivity contribution in [1.82, 2.24) is 10.2 Å². The van der Waals surface area contributed by atoms with Crippen molar-refractivity contribution >= 4 is 5.91 Å². The molecule has 6 heteroatoms. The van der Waals surface area contributed by atoms with Crippen LogP contribution in [0.25, 0.3) is 0 Å². The van der Waals surface area contributed by atoms with E-state index in [0.717, 1.165) is 26.3 Å². The zero-order valence-electron chi connectivity index (χ0n) is 13.7. The summed E-state index contributed by atoms with van der Waals surface area (Å²) in [5, 5.41) is 11.7. The molecule has 1 heterocycles. The van der Waals surface area contributed by atoms with Gasteiger partial charge in [-0.3, -0.25) is 9.69 Å². The molecule has 0 aromatic heterocycles. The van der Waals surface area contributed by atoms with Crippen LogP contribution in [0.5, 0.6) is 5.75 Å². The number of ether oxygens (including phenoxy) is 2. The van der Waals surface area contributed by atoms with Crippen LogP contribution < -0.4 is 10.1 Å². The van der Waals surface area contributed by atoms with Crippen LogP contribution >= 0.6 is 0 Å². The third-order valence-electron chi connectivity index (χ3n) is 3.92. The van der Waals surface area contributed by atoms with E-state index in [2.05, 4.69) is 24.1 Å². The third kappa shape index (κ3) is 5.23. The van der Waals surface area contributed by atoms with E-state index >= 15 is 0 Å². The number of hydrogen-bond donors (Lipinski definition) is 1. The van der Waals surface area contributed by atoms with Gasteiger partial charge in [-0.15, -0.1) is 0 Å². The van der Waals surface area contributed by atoms with Gasteiger partial charge in [0.1, 0.15) is 5.75 Å². The molecule has 0 spiro atoms. The molecule has 0 unspecified atom stereocenters. The van der Waals surface area contributed by atoms with Crippen LogP contribution in [-0.2, 0) is 9.53 Å². The molecule has 6 nitrogen and oxygen atoms in total. The Morgan fingerprint density at radius 3 is 2.87 bits per heavy atom. The molecule has 1 amide bonds. The second kappa shape index (κ2) is 7.95. The van der Waals surface area contributed by atoms with E-state index in [1.807, 2.05) is 6.07 Å². The number of nitrogens with zero attached hydrogens (tertiary/aromatic N) is 2. The summed E-state index contributed by atoms with van der Waals surface area (Å²) < 4.78 is 10.8. The molecule has 0 atom stereocenters. The van der Waals surface area contributed by atoms with E-state index in [9.17, 15) is 4.79 Å². The molecule has 124 valence electrons. The first kappa shape index (κ1) is 17.3. The van der Waals surface area contributed by atoms with Crippen LogP contribution in [0.1, 0.15) is 19.4 Å². The molecule has 0 radical (unpaired) electrons. The predicted octanol–water partition coefficient (Wildman–Crippen LogP) is 1.16.